The summed E-state index contributed by atoms with van der Waals surface area (Å²) in [6.07, 6.45) is 5.36. The van der Waals surface area contributed by atoms with Gasteiger partial charge in [0.2, 0.25) is 5.91 Å². The maximum atomic E-state index is 11.5. The number of nitrogens with zero attached hydrogens (tertiary/aromatic N) is 2. The van der Waals surface area contributed by atoms with Crippen LogP contribution in [0.1, 0.15) is 28.8 Å². The molecule has 0 unspecified atom stereocenters. The fourth-order valence-corrected chi connectivity index (χ4v) is 4.23. The third-order valence-corrected chi connectivity index (χ3v) is 6.01. The first kappa shape index (κ1) is 20.3. The summed E-state index contributed by atoms with van der Waals surface area (Å²) in [4.78, 5) is 19.7. The number of aromatic nitrogens is 1. The minimum Gasteiger partial charge on any atom is -0.497 e. The van der Waals surface area contributed by atoms with Gasteiger partial charge in [-0.2, -0.15) is 0 Å². The number of methoxy groups -OCH3 is 1. The number of hydrogen-bond acceptors (Lipinski definition) is 4. The van der Waals surface area contributed by atoms with E-state index in [2.05, 4.69) is 39.2 Å². The molecule has 1 aromatic heterocycles. The van der Waals surface area contributed by atoms with Gasteiger partial charge in [-0.3, -0.25) is 9.69 Å². The lowest BCUT2D eigenvalue weighted by atomic mass is 10.0. The highest BCUT2D eigenvalue weighted by Crippen LogP contribution is 2.23. The average Bonchev–Trinajstić information content (AvgIpc) is 3.19. The van der Waals surface area contributed by atoms with Crippen molar-refractivity contribution >= 4 is 22.5 Å². The van der Waals surface area contributed by atoms with Crippen LogP contribution in [-0.2, 0) is 6.42 Å². The third kappa shape index (κ3) is 4.60. The largest absolute Gasteiger partial charge is 0.497 e. The molecule has 1 amide bonds. The van der Waals surface area contributed by atoms with E-state index in [0.29, 0.717) is 5.56 Å². The van der Waals surface area contributed by atoms with Crippen LogP contribution in [0.2, 0.25) is 0 Å². The number of unbranched alkanes of at least 4 members (excludes halogenated alkanes) is 1. The Morgan fingerprint density at radius 2 is 1.93 bits per heavy atom. The summed E-state index contributed by atoms with van der Waals surface area (Å²) < 4.78 is 5.35. The minimum absolute atomic E-state index is 0.378. The van der Waals surface area contributed by atoms with Crippen LogP contribution < -0.4 is 15.4 Å². The number of anilines is 1. The monoisotopic (exact) mass is 406 g/mol. The standard InChI is InChI=1S/C24H30N4O2/c1-30-21-7-4-6-20(16-21)28-13-11-27(12-14-28)10-3-2-5-19-17-26-23-9-8-18(24(25)29)15-22(19)23/h4,6-9,15-17,26H,2-3,5,10-14H2,1H3,(H2,25,29). The predicted molar refractivity (Wildman–Crippen MR) is 121 cm³/mol. The molecule has 6 nitrogen and oxygen atoms in total. The number of rotatable bonds is 8. The zero-order valence-corrected chi connectivity index (χ0v) is 17.6. The average molecular weight is 407 g/mol. The van der Waals surface area contributed by atoms with Crippen LogP contribution in [-0.4, -0.2) is 55.6 Å². The molecule has 3 aromatic rings. The highest BCUT2D eigenvalue weighted by atomic mass is 16.5. The zero-order chi connectivity index (χ0) is 20.9. The second-order valence-electron chi connectivity index (χ2n) is 7.93. The number of carbonyl (C=O) groups is 1. The van der Waals surface area contributed by atoms with Gasteiger partial charge in [-0.25, -0.2) is 0 Å². The Kier molecular flexibility index (Phi) is 6.23. The quantitative estimate of drug-likeness (QED) is 0.562. The number of hydrogen-bond donors (Lipinski definition) is 2. The second kappa shape index (κ2) is 9.22. The van der Waals surface area contributed by atoms with Crippen molar-refractivity contribution < 1.29 is 9.53 Å². The summed E-state index contributed by atoms with van der Waals surface area (Å²) in [5, 5.41) is 1.11. The Hall–Kier alpha value is -2.99. The molecular weight excluding hydrogens is 376 g/mol. The SMILES string of the molecule is COc1cccc(N2CCN(CCCCc3c[nH]c4ccc(C(N)=O)cc34)CC2)c1. The van der Waals surface area contributed by atoms with Gasteiger partial charge in [-0.15, -0.1) is 0 Å². The van der Waals surface area contributed by atoms with Crippen LogP contribution in [0.15, 0.2) is 48.7 Å². The molecule has 1 aliphatic rings. The molecule has 2 aromatic carbocycles. The number of benzene rings is 2. The molecule has 1 aliphatic heterocycles. The Labute approximate surface area is 177 Å². The number of nitrogens with two attached hydrogens (primary N) is 1. The fourth-order valence-electron chi connectivity index (χ4n) is 4.23. The summed E-state index contributed by atoms with van der Waals surface area (Å²) in [5.41, 5.74) is 9.55. The van der Waals surface area contributed by atoms with E-state index in [4.69, 9.17) is 10.5 Å². The zero-order valence-electron chi connectivity index (χ0n) is 17.6. The molecule has 0 atom stereocenters. The van der Waals surface area contributed by atoms with Crippen molar-refractivity contribution in [3.63, 3.8) is 0 Å². The molecule has 4 rings (SSSR count). The summed E-state index contributed by atoms with van der Waals surface area (Å²) in [7, 11) is 1.71. The van der Waals surface area contributed by atoms with Gasteiger partial charge in [0.15, 0.2) is 0 Å². The fraction of sp³-hybridized carbons (Fsp3) is 0.375. The molecule has 2 heterocycles. The van der Waals surface area contributed by atoms with Crippen LogP contribution in [0.25, 0.3) is 10.9 Å². The second-order valence-corrected chi connectivity index (χ2v) is 7.93. The number of primary amides is 1. The lowest BCUT2D eigenvalue weighted by Gasteiger charge is -2.36. The molecule has 0 radical (unpaired) electrons. The Morgan fingerprint density at radius 3 is 2.70 bits per heavy atom. The highest BCUT2D eigenvalue weighted by molar-refractivity contribution is 5.97. The van der Waals surface area contributed by atoms with Gasteiger partial charge in [-0.1, -0.05) is 6.07 Å². The summed E-state index contributed by atoms with van der Waals surface area (Å²) in [6.45, 7) is 5.40. The molecule has 158 valence electrons. The number of amides is 1. The van der Waals surface area contributed by atoms with Gasteiger partial charge in [0, 0.05) is 60.6 Å². The van der Waals surface area contributed by atoms with Crippen LogP contribution in [0.3, 0.4) is 0 Å². The first-order valence-corrected chi connectivity index (χ1v) is 10.7. The minimum atomic E-state index is -0.378. The van der Waals surface area contributed by atoms with Gasteiger partial charge in [0.25, 0.3) is 0 Å². The molecule has 30 heavy (non-hydrogen) atoms. The van der Waals surface area contributed by atoms with Gasteiger partial charge in [0.1, 0.15) is 5.75 Å². The number of carbonyl (C=O) groups excluding carboxylic acids is 1. The Bertz CT molecular complexity index is 1010. The molecule has 0 aliphatic carbocycles. The molecule has 6 heteroatoms. The maximum absolute atomic E-state index is 11.5. The van der Waals surface area contributed by atoms with Crippen LogP contribution in [0.4, 0.5) is 5.69 Å². The van der Waals surface area contributed by atoms with E-state index in [1.807, 2.05) is 18.2 Å². The Balaban J connectivity index is 1.24. The number of H-pyrrole nitrogens is 1. The van der Waals surface area contributed by atoms with E-state index in [9.17, 15) is 4.79 Å². The summed E-state index contributed by atoms with van der Waals surface area (Å²) in [6, 6.07) is 13.9. The highest BCUT2D eigenvalue weighted by Gasteiger charge is 2.17. The molecule has 0 saturated carbocycles. The third-order valence-electron chi connectivity index (χ3n) is 6.01. The van der Waals surface area contributed by atoms with Crippen molar-refractivity contribution in [1.82, 2.24) is 9.88 Å². The van der Waals surface area contributed by atoms with Gasteiger partial charge < -0.3 is 20.4 Å². The summed E-state index contributed by atoms with van der Waals surface area (Å²) >= 11 is 0. The van der Waals surface area contributed by atoms with E-state index in [1.165, 1.54) is 17.7 Å². The molecule has 3 N–H and O–H groups in total. The lowest BCUT2D eigenvalue weighted by molar-refractivity contribution is 0.100. The molecule has 0 spiro atoms. The van der Waals surface area contributed by atoms with Crippen molar-refractivity contribution in [2.24, 2.45) is 5.73 Å². The first-order chi connectivity index (χ1) is 14.6. The van der Waals surface area contributed by atoms with Crippen LogP contribution in [0.5, 0.6) is 5.75 Å². The molecule has 1 saturated heterocycles. The number of aromatic amines is 1. The number of nitrogens with one attached hydrogen (secondary N) is 1. The lowest BCUT2D eigenvalue weighted by Crippen LogP contribution is -2.46. The van der Waals surface area contributed by atoms with Crippen molar-refractivity contribution in [3.8, 4) is 5.75 Å². The van der Waals surface area contributed by atoms with E-state index in [0.717, 1.165) is 62.2 Å². The smallest absolute Gasteiger partial charge is 0.248 e. The van der Waals surface area contributed by atoms with Gasteiger partial charge in [-0.05, 0) is 61.7 Å². The van der Waals surface area contributed by atoms with Crippen molar-refractivity contribution in [2.75, 3.05) is 44.7 Å². The van der Waals surface area contributed by atoms with Crippen molar-refractivity contribution in [3.05, 3.63) is 59.8 Å². The van der Waals surface area contributed by atoms with Crippen LogP contribution in [0, 0.1) is 0 Å². The number of piperazine rings is 1. The predicted octanol–water partition coefficient (Wildman–Crippen LogP) is 3.42. The van der Waals surface area contributed by atoms with E-state index < -0.39 is 0 Å². The number of aryl methyl sites for hydroxylation is 1. The Morgan fingerprint density at radius 1 is 1.10 bits per heavy atom. The topological polar surface area (TPSA) is 74.6 Å². The van der Waals surface area contributed by atoms with Crippen molar-refractivity contribution in [1.29, 1.82) is 0 Å². The first-order valence-electron chi connectivity index (χ1n) is 10.7. The van der Waals surface area contributed by atoms with Crippen LogP contribution >= 0.6 is 0 Å². The normalized spacial score (nSPS) is 14.9. The van der Waals surface area contributed by atoms with Gasteiger partial charge >= 0.3 is 0 Å². The van der Waals surface area contributed by atoms with E-state index in [1.54, 1.807) is 13.2 Å². The molecular formula is C24H30N4O2. The van der Waals surface area contributed by atoms with Crippen molar-refractivity contribution in [2.45, 2.75) is 19.3 Å². The van der Waals surface area contributed by atoms with E-state index >= 15 is 0 Å². The summed E-state index contributed by atoms with van der Waals surface area (Å²) in [5.74, 6) is 0.535. The van der Waals surface area contributed by atoms with E-state index in [-0.39, 0.29) is 5.91 Å². The number of fused-ring (bicyclic) bond motifs is 1. The maximum Gasteiger partial charge on any atom is 0.248 e. The number of ether oxygens (including phenoxy) is 1. The molecule has 0 bridgehead atoms. The molecule has 1 fully saturated rings. The van der Waals surface area contributed by atoms with Gasteiger partial charge in [0.05, 0.1) is 7.11 Å².